The summed E-state index contributed by atoms with van der Waals surface area (Å²) in [5, 5.41) is 5.44. The lowest BCUT2D eigenvalue weighted by Gasteiger charge is -2.19. The first-order valence-corrected chi connectivity index (χ1v) is 7.67. The van der Waals surface area contributed by atoms with Crippen LogP contribution in [0.3, 0.4) is 0 Å². The van der Waals surface area contributed by atoms with Gasteiger partial charge in [0.15, 0.2) is 0 Å². The largest absolute Gasteiger partial charge is 0.444 e. The van der Waals surface area contributed by atoms with Gasteiger partial charge in [0.05, 0.1) is 0 Å². The van der Waals surface area contributed by atoms with E-state index in [0.29, 0.717) is 6.54 Å². The summed E-state index contributed by atoms with van der Waals surface area (Å²) in [6.45, 7) is 6.09. The van der Waals surface area contributed by atoms with Gasteiger partial charge in [-0.05, 0) is 56.9 Å². The van der Waals surface area contributed by atoms with Gasteiger partial charge in [-0.2, -0.15) is 0 Å². The summed E-state index contributed by atoms with van der Waals surface area (Å²) in [4.78, 5) is 12.5. The van der Waals surface area contributed by atoms with Crippen LogP contribution in [0.5, 0.6) is 0 Å². The van der Waals surface area contributed by atoms with Crippen molar-refractivity contribution < 1.29 is 9.53 Å². The second kappa shape index (κ2) is 9.74. The average molecular weight is 330 g/mol. The average Bonchev–Trinajstić information content (AvgIpc) is 2.33. The molecular formula is C16H24ClNO2S. The number of nitrogens with one attached hydrogen (secondary N) is 1. The van der Waals surface area contributed by atoms with E-state index in [9.17, 15) is 4.79 Å². The topological polar surface area (TPSA) is 38.3 Å². The number of ether oxygens (including phenoxy) is 1. The van der Waals surface area contributed by atoms with Gasteiger partial charge in [-0.3, -0.25) is 0 Å². The standard InChI is InChI=1S/C15H20ClNO2S.CH4/c1-15(2,3)19-14(18)17-10-4-5-11-20-13-8-6-12(16)7-9-13;/h5-9,11H,4,10H2,1-3H3,(H,17,18);1H4/b11-5+;. The molecular weight excluding hydrogens is 306 g/mol. The van der Waals surface area contributed by atoms with Crippen LogP contribution in [0, 0.1) is 0 Å². The molecule has 0 bridgehead atoms. The minimum absolute atomic E-state index is 0. The number of benzene rings is 1. The number of carbonyl (C=O) groups is 1. The van der Waals surface area contributed by atoms with E-state index >= 15 is 0 Å². The molecule has 0 aliphatic heterocycles. The minimum Gasteiger partial charge on any atom is -0.444 e. The summed E-state index contributed by atoms with van der Waals surface area (Å²) in [7, 11) is 0. The van der Waals surface area contributed by atoms with Crippen LogP contribution in [0.4, 0.5) is 4.79 Å². The zero-order valence-corrected chi connectivity index (χ0v) is 13.6. The fourth-order valence-corrected chi connectivity index (χ4v) is 2.09. The Labute approximate surface area is 137 Å². The van der Waals surface area contributed by atoms with E-state index in [2.05, 4.69) is 5.32 Å². The predicted molar refractivity (Wildman–Crippen MR) is 92.0 cm³/mol. The summed E-state index contributed by atoms with van der Waals surface area (Å²) >= 11 is 7.43. The summed E-state index contributed by atoms with van der Waals surface area (Å²) in [6, 6.07) is 7.66. The molecule has 0 radical (unpaired) electrons. The highest BCUT2D eigenvalue weighted by Crippen LogP contribution is 2.21. The van der Waals surface area contributed by atoms with Crippen LogP contribution in [0.25, 0.3) is 0 Å². The van der Waals surface area contributed by atoms with Crippen LogP contribution in [0.2, 0.25) is 5.02 Å². The minimum atomic E-state index is -0.454. The first-order chi connectivity index (χ1) is 9.37. The number of amides is 1. The van der Waals surface area contributed by atoms with E-state index in [1.807, 2.05) is 56.5 Å². The van der Waals surface area contributed by atoms with Gasteiger partial charge in [-0.25, -0.2) is 4.79 Å². The van der Waals surface area contributed by atoms with Crippen LogP contribution in [-0.2, 0) is 4.74 Å². The Morgan fingerprint density at radius 1 is 1.33 bits per heavy atom. The third kappa shape index (κ3) is 10.3. The molecule has 0 fully saturated rings. The fourth-order valence-electron chi connectivity index (χ4n) is 1.28. The smallest absolute Gasteiger partial charge is 0.407 e. The Balaban J connectivity index is 0.00000400. The molecule has 0 saturated heterocycles. The van der Waals surface area contributed by atoms with Gasteiger partial charge < -0.3 is 10.1 Å². The monoisotopic (exact) mass is 329 g/mol. The lowest BCUT2D eigenvalue weighted by molar-refractivity contribution is 0.0529. The van der Waals surface area contributed by atoms with E-state index in [1.54, 1.807) is 11.8 Å². The molecule has 1 rings (SSSR count). The number of alkyl carbamates (subject to hydrolysis) is 1. The highest BCUT2D eigenvalue weighted by atomic mass is 35.5. The van der Waals surface area contributed by atoms with E-state index < -0.39 is 5.60 Å². The molecule has 0 unspecified atom stereocenters. The van der Waals surface area contributed by atoms with Gasteiger partial charge in [0.25, 0.3) is 0 Å². The van der Waals surface area contributed by atoms with Crippen molar-refractivity contribution in [3.8, 4) is 0 Å². The second-order valence-electron chi connectivity index (χ2n) is 5.16. The molecule has 118 valence electrons. The zero-order valence-electron chi connectivity index (χ0n) is 12.0. The van der Waals surface area contributed by atoms with Crippen molar-refractivity contribution in [2.75, 3.05) is 6.54 Å². The van der Waals surface area contributed by atoms with Gasteiger partial charge in [0.2, 0.25) is 0 Å². The molecule has 1 aromatic rings. The number of carbonyl (C=O) groups excluding carboxylic acids is 1. The third-order valence-electron chi connectivity index (χ3n) is 2.09. The first-order valence-electron chi connectivity index (χ1n) is 6.41. The molecule has 0 aliphatic rings. The molecule has 0 saturated carbocycles. The Morgan fingerprint density at radius 3 is 2.52 bits per heavy atom. The van der Waals surface area contributed by atoms with E-state index in [1.165, 1.54) is 0 Å². The molecule has 5 heteroatoms. The van der Waals surface area contributed by atoms with Crippen molar-refractivity contribution in [1.29, 1.82) is 0 Å². The Morgan fingerprint density at radius 2 is 1.95 bits per heavy atom. The summed E-state index contributed by atoms with van der Waals surface area (Å²) in [6.07, 6.45) is 2.40. The summed E-state index contributed by atoms with van der Waals surface area (Å²) in [5.41, 5.74) is -0.454. The molecule has 0 spiro atoms. The van der Waals surface area contributed by atoms with Crippen molar-refractivity contribution in [2.45, 2.75) is 45.1 Å². The molecule has 1 amide bonds. The van der Waals surface area contributed by atoms with E-state index in [-0.39, 0.29) is 13.5 Å². The maximum Gasteiger partial charge on any atom is 0.407 e. The van der Waals surface area contributed by atoms with Crippen molar-refractivity contribution in [1.82, 2.24) is 5.32 Å². The molecule has 1 aromatic carbocycles. The Bertz CT molecular complexity index is 452. The van der Waals surface area contributed by atoms with Gasteiger partial charge in [0, 0.05) is 16.5 Å². The Hall–Kier alpha value is -1.13. The van der Waals surface area contributed by atoms with E-state index in [4.69, 9.17) is 16.3 Å². The SMILES string of the molecule is C.CC(C)(C)OC(=O)NCC/C=C/Sc1ccc(Cl)cc1. The molecule has 3 nitrogen and oxygen atoms in total. The summed E-state index contributed by atoms with van der Waals surface area (Å²) < 4.78 is 5.13. The predicted octanol–water partition coefficient (Wildman–Crippen LogP) is 5.50. The number of rotatable bonds is 5. The molecule has 0 aliphatic carbocycles. The fraction of sp³-hybridized carbons (Fsp3) is 0.438. The highest BCUT2D eigenvalue weighted by molar-refractivity contribution is 8.02. The molecule has 21 heavy (non-hydrogen) atoms. The molecule has 0 atom stereocenters. The molecule has 0 aromatic heterocycles. The van der Waals surface area contributed by atoms with Gasteiger partial charge in [0.1, 0.15) is 5.60 Å². The first kappa shape index (κ1) is 19.9. The maximum atomic E-state index is 11.4. The van der Waals surface area contributed by atoms with Crippen LogP contribution >= 0.6 is 23.4 Å². The van der Waals surface area contributed by atoms with Crippen molar-refractivity contribution in [3.05, 3.63) is 40.8 Å². The lowest BCUT2D eigenvalue weighted by atomic mass is 10.2. The quantitative estimate of drug-likeness (QED) is 0.573. The van der Waals surface area contributed by atoms with E-state index in [0.717, 1.165) is 16.3 Å². The van der Waals surface area contributed by atoms with Gasteiger partial charge >= 0.3 is 6.09 Å². The number of halogens is 1. The second-order valence-corrected chi connectivity index (χ2v) is 6.58. The van der Waals surface area contributed by atoms with Crippen LogP contribution in [-0.4, -0.2) is 18.2 Å². The van der Waals surface area contributed by atoms with Gasteiger partial charge in [-0.1, -0.05) is 36.9 Å². The normalized spacial score (nSPS) is 11.0. The van der Waals surface area contributed by atoms with Crippen molar-refractivity contribution in [2.24, 2.45) is 0 Å². The zero-order chi connectivity index (χ0) is 15.0. The maximum absolute atomic E-state index is 11.4. The third-order valence-corrected chi connectivity index (χ3v) is 3.22. The lowest BCUT2D eigenvalue weighted by Crippen LogP contribution is -2.32. The molecule has 1 N–H and O–H groups in total. The number of hydrogen-bond acceptors (Lipinski definition) is 3. The number of hydrogen-bond donors (Lipinski definition) is 1. The van der Waals surface area contributed by atoms with Crippen LogP contribution in [0.15, 0.2) is 40.6 Å². The van der Waals surface area contributed by atoms with Crippen LogP contribution < -0.4 is 5.32 Å². The molecule has 0 heterocycles. The van der Waals surface area contributed by atoms with Crippen molar-refractivity contribution in [3.63, 3.8) is 0 Å². The highest BCUT2D eigenvalue weighted by Gasteiger charge is 2.14. The van der Waals surface area contributed by atoms with Gasteiger partial charge in [-0.15, -0.1) is 0 Å². The summed E-state index contributed by atoms with van der Waals surface area (Å²) in [5.74, 6) is 0. The van der Waals surface area contributed by atoms with Crippen molar-refractivity contribution >= 4 is 29.5 Å². The number of thioether (sulfide) groups is 1. The Kier molecular flexibility index (Phi) is 9.22. The van der Waals surface area contributed by atoms with Crippen LogP contribution in [0.1, 0.15) is 34.6 Å².